The third kappa shape index (κ3) is 3.58. The Morgan fingerprint density at radius 1 is 0.950 bits per heavy atom. The van der Waals surface area contributed by atoms with Gasteiger partial charge >= 0.3 is 5.97 Å². The second-order valence-electron chi connectivity index (χ2n) is 4.79. The van der Waals surface area contributed by atoms with Crippen molar-refractivity contribution in [1.29, 1.82) is 0 Å². The van der Waals surface area contributed by atoms with Crippen LogP contribution in [0.1, 0.15) is 45.1 Å². The Balaban J connectivity index is 2.83. The molecule has 4 nitrogen and oxygen atoms in total. The number of rotatable bonds is 6. The highest BCUT2D eigenvalue weighted by Gasteiger charge is 2.20. The van der Waals surface area contributed by atoms with E-state index >= 15 is 0 Å². The smallest absolute Gasteiger partial charge is 0.373 e. The topological polar surface area (TPSA) is 44.8 Å². The monoisotopic (exact) mass is 279 g/mol. The molecule has 1 rings (SSSR count). The fourth-order valence-electron chi connectivity index (χ4n) is 2.12. The van der Waals surface area contributed by atoms with Crippen LogP contribution in [0.4, 0.5) is 0 Å². The molecular formula is C16H23O4. The zero-order chi connectivity index (χ0) is 15.3. The van der Waals surface area contributed by atoms with Crippen LogP contribution >= 0.6 is 0 Å². The van der Waals surface area contributed by atoms with Gasteiger partial charge in [-0.2, -0.15) is 4.89 Å². The quantitative estimate of drug-likeness (QED) is 0.454. The van der Waals surface area contributed by atoms with Crippen LogP contribution in [0.15, 0.2) is 0 Å². The first-order chi connectivity index (χ1) is 9.41. The molecule has 111 valence electrons. The van der Waals surface area contributed by atoms with Gasteiger partial charge in [0.05, 0.1) is 12.2 Å². The lowest BCUT2D eigenvalue weighted by atomic mass is 9.90. The first-order valence-corrected chi connectivity index (χ1v) is 6.75. The predicted molar refractivity (Wildman–Crippen MR) is 77.4 cm³/mol. The summed E-state index contributed by atoms with van der Waals surface area (Å²) in [5, 5.41) is 0. The summed E-state index contributed by atoms with van der Waals surface area (Å²) in [4.78, 5) is 21.7. The van der Waals surface area contributed by atoms with Crippen LogP contribution in [0.25, 0.3) is 0 Å². The average Bonchev–Trinajstić information content (AvgIpc) is 2.43. The van der Waals surface area contributed by atoms with Crippen molar-refractivity contribution >= 4 is 5.97 Å². The zero-order valence-electron chi connectivity index (χ0n) is 13.1. The molecule has 1 aromatic carbocycles. The molecule has 1 radical (unpaired) electrons. The van der Waals surface area contributed by atoms with Crippen molar-refractivity contribution in [3.05, 3.63) is 40.0 Å². The van der Waals surface area contributed by atoms with E-state index in [9.17, 15) is 4.79 Å². The molecule has 0 spiro atoms. The van der Waals surface area contributed by atoms with E-state index in [2.05, 4.69) is 6.92 Å². The molecule has 20 heavy (non-hydrogen) atoms. The minimum absolute atomic E-state index is 0.285. The molecule has 0 atom stereocenters. The Kier molecular flexibility index (Phi) is 6.17. The van der Waals surface area contributed by atoms with Gasteiger partial charge < -0.3 is 4.74 Å². The van der Waals surface area contributed by atoms with Crippen LogP contribution in [0, 0.1) is 41.2 Å². The van der Waals surface area contributed by atoms with E-state index in [4.69, 9.17) is 14.5 Å². The summed E-state index contributed by atoms with van der Waals surface area (Å²) in [5.41, 5.74) is 5.88. The van der Waals surface area contributed by atoms with Gasteiger partial charge in [0.2, 0.25) is 0 Å². The Morgan fingerprint density at radius 2 is 1.45 bits per heavy atom. The van der Waals surface area contributed by atoms with Crippen molar-refractivity contribution in [3.8, 4) is 0 Å². The van der Waals surface area contributed by atoms with Crippen molar-refractivity contribution in [2.45, 2.75) is 41.5 Å². The Labute approximate surface area is 121 Å². The van der Waals surface area contributed by atoms with Gasteiger partial charge in [-0.05, 0) is 69.4 Å². The maximum Gasteiger partial charge on any atom is 0.373 e. The molecule has 0 amide bonds. The molecule has 0 N–H and O–H groups in total. The van der Waals surface area contributed by atoms with Gasteiger partial charge in [-0.25, -0.2) is 4.79 Å². The molecule has 0 fully saturated rings. The highest BCUT2D eigenvalue weighted by atomic mass is 17.2. The van der Waals surface area contributed by atoms with Crippen molar-refractivity contribution < 1.29 is 19.3 Å². The molecule has 1 aromatic rings. The summed E-state index contributed by atoms with van der Waals surface area (Å²) in [7, 11) is 0. The zero-order valence-corrected chi connectivity index (χ0v) is 13.1. The summed E-state index contributed by atoms with van der Waals surface area (Å²) < 4.78 is 5.05. The Morgan fingerprint density at radius 3 is 1.95 bits per heavy atom. The molecule has 0 aromatic heterocycles. The lowest BCUT2D eigenvalue weighted by molar-refractivity contribution is -0.218. The molecule has 0 saturated heterocycles. The minimum Gasteiger partial charge on any atom is -0.379 e. The lowest BCUT2D eigenvalue weighted by Crippen LogP contribution is -2.13. The van der Waals surface area contributed by atoms with Crippen LogP contribution in [0.3, 0.4) is 0 Å². The lowest BCUT2D eigenvalue weighted by Gasteiger charge is -2.16. The second kappa shape index (κ2) is 7.41. The van der Waals surface area contributed by atoms with E-state index in [1.807, 2.05) is 34.6 Å². The normalized spacial score (nSPS) is 10.7. The third-order valence-corrected chi connectivity index (χ3v) is 3.79. The van der Waals surface area contributed by atoms with Crippen molar-refractivity contribution in [2.24, 2.45) is 0 Å². The van der Waals surface area contributed by atoms with E-state index in [-0.39, 0.29) is 6.61 Å². The van der Waals surface area contributed by atoms with E-state index < -0.39 is 5.97 Å². The summed E-state index contributed by atoms with van der Waals surface area (Å²) >= 11 is 0. The Hall–Kier alpha value is -1.39. The van der Waals surface area contributed by atoms with Crippen molar-refractivity contribution in [2.75, 3.05) is 13.2 Å². The SMILES string of the molecule is CCOC[CH]OOC(=O)c1c(C)c(C)c(C)c(C)c1C. The maximum atomic E-state index is 12.1. The molecular weight excluding hydrogens is 256 g/mol. The first-order valence-electron chi connectivity index (χ1n) is 6.75. The molecule has 0 saturated carbocycles. The molecule has 4 heteroatoms. The summed E-state index contributed by atoms with van der Waals surface area (Å²) in [6, 6.07) is 0. The number of carbonyl (C=O) groups excluding carboxylic acids is 1. The van der Waals surface area contributed by atoms with E-state index in [1.165, 1.54) is 12.2 Å². The van der Waals surface area contributed by atoms with Gasteiger partial charge in [0.1, 0.15) is 0 Å². The first kappa shape index (κ1) is 16.7. The van der Waals surface area contributed by atoms with E-state index in [0.717, 1.165) is 22.3 Å². The van der Waals surface area contributed by atoms with Crippen molar-refractivity contribution in [1.82, 2.24) is 0 Å². The number of hydrogen-bond acceptors (Lipinski definition) is 4. The van der Waals surface area contributed by atoms with Crippen molar-refractivity contribution in [3.63, 3.8) is 0 Å². The molecule has 0 aliphatic carbocycles. The van der Waals surface area contributed by atoms with Gasteiger partial charge in [-0.1, -0.05) is 0 Å². The molecule has 0 heterocycles. The van der Waals surface area contributed by atoms with Crippen LogP contribution in [0.5, 0.6) is 0 Å². The number of hydrogen-bond donors (Lipinski definition) is 0. The van der Waals surface area contributed by atoms with Crippen LogP contribution in [-0.2, 0) is 14.5 Å². The van der Waals surface area contributed by atoms with Gasteiger partial charge in [0.15, 0.2) is 6.61 Å². The molecule has 0 aliphatic rings. The highest BCUT2D eigenvalue weighted by molar-refractivity contribution is 5.93. The average molecular weight is 279 g/mol. The van der Waals surface area contributed by atoms with E-state index in [1.54, 1.807) is 0 Å². The molecule has 0 bridgehead atoms. The highest BCUT2D eigenvalue weighted by Crippen LogP contribution is 2.26. The maximum absolute atomic E-state index is 12.1. The summed E-state index contributed by atoms with van der Waals surface area (Å²) in [6.07, 6.45) is 0. The van der Waals surface area contributed by atoms with Gasteiger partial charge in [0, 0.05) is 6.61 Å². The largest absolute Gasteiger partial charge is 0.379 e. The van der Waals surface area contributed by atoms with Crippen LogP contribution in [-0.4, -0.2) is 19.2 Å². The minimum atomic E-state index is -0.473. The third-order valence-electron chi connectivity index (χ3n) is 3.79. The second-order valence-corrected chi connectivity index (χ2v) is 4.79. The summed E-state index contributed by atoms with van der Waals surface area (Å²) in [5.74, 6) is -0.473. The van der Waals surface area contributed by atoms with Gasteiger partial charge in [-0.15, -0.1) is 0 Å². The van der Waals surface area contributed by atoms with Gasteiger partial charge in [0.25, 0.3) is 0 Å². The number of benzene rings is 1. The standard InChI is InChI=1S/C16H23O4/c1-7-18-8-9-19-20-16(17)15-13(5)11(3)10(2)12(4)14(15)6/h9H,7-8H2,1-6H3. The van der Waals surface area contributed by atoms with Gasteiger partial charge in [-0.3, -0.25) is 4.89 Å². The molecule has 0 aliphatic heterocycles. The van der Waals surface area contributed by atoms with E-state index in [0.29, 0.717) is 12.2 Å². The fourth-order valence-corrected chi connectivity index (χ4v) is 2.12. The Bertz CT molecular complexity index is 463. The van der Waals surface area contributed by atoms with Crippen LogP contribution in [0.2, 0.25) is 0 Å². The van der Waals surface area contributed by atoms with Crippen LogP contribution < -0.4 is 0 Å². The predicted octanol–water partition coefficient (Wildman–Crippen LogP) is 3.52. The number of ether oxygens (including phenoxy) is 1. The number of carbonyl (C=O) groups is 1. The summed E-state index contributed by atoms with van der Waals surface area (Å²) in [6.45, 7) is 14.0. The molecule has 0 unspecified atom stereocenters. The fraction of sp³-hybridized carbons (Fsp3) is 0.500.